The Morgan fingerprint density at radius 1 is 1.00 bits per heavy atom. The Hall–Kier alpha value is -3.02. The molecule has 0 spiro atoms. The first-order chi connectivity index (χ1) is 19.2. The Morgan fingerprint density at radius 2 is 1.66 bits per heavy atom. The van der Waals surface area contributed by atoms with Crippen LogP contribution in [0.1, 0.15) is 55.8 Å². The Labute approximate surface area is 243 Å². The van der Waals surface area contributed by atoms with Crippen LogP contribution in [0.5, 0.6) is 5.75 Å². The molecule has 1 saturated carbocycles. The van der Waals surface area contributed by atoms with Crippen molar-refractivity contribution in [2.24, 2.45) is 5.73 Å². The summed E-state index contributed by atoms with van der Waals surface area (Å²) in [6, 6.07) is 14.0. The van der Waals surface area contributed by atoms with E-state index in [9.17, 15) is 22.8 Å². The highest BCUT2D eigenvalue weighted by molar-refractivity contribution is 5.91. The van der Waals surface area contributed by atoms with Gasteiger partial charge in [-0.1, -0.05) is 30.3 Å². The van der Waals surface area contributed by atoms with Crippen molar-refractivity contribution in [2.75, 3.05) is 24.6 Å². The molecule has 224 valence electrons. The van der Waals surface area contributed by atoms with Crippen molar-refractivity contribution in [3.63, 3.8) is 0 Å². The van der Waals surface area contributed by atoms with Gasteiger partial charge in [0.25, 0.3) is 5.91 Å². The lowest BCUT2D eigenvalue weighted by molar-refractivity contribution is -0.191. The van der Waals surface area contributed by atoms with Gasteiger partial charge in [0.15, 0.2) is 6.10 Å². The molecule has 5 rings (SSSR count). The number of hydrogen-bond donors (Lipinski definition) is 1. The van der Waals surface area contributed by atoms with Gasteiger partial charge in [-0.2, -0.15) is 13.2 Å². The van der Waals surface area contributed by atoms with E-state index < -0.39 is 30.9 Å². The van der Waals surface area contributed by atoms with Crippen molar-refractivity contribution >= 4 is 30.1 Å². The monoisotopic (exact) mass is 597 g/mol. The number of alkyl halides is 3. The fourth-order valence-electron chi connectivity index (χ4n) is 5.64. The number of nitrogens with zero attached hydrogens (tertiary/aromatic N) is 2. The van der Waals surface area contributed by atoms with Gasteiger partial charge < -0.3 is 24.8 Å². The Bertz CT molecular complexity index is 1180. The zero-order valence-corrected chi connectivity index (χ0v) is 23.4. The van der Waals surface area contributed by atoms with Crippen LogP contribution in [0, 0.1) is 0 Å². The van der Waals surface area contributed by atoms with Gasteiger partial charge in [-0.15, -0.1) is 12.4 Å². The molecule has 0 bridgehead atoms. The van der Waals surface area contributed by atoms with Gasteiger partial charge in [0, 0.05) is 30.7 Å². The number of nitrogens with two attached hydrogens (primary N) is 1. The van der Waals surface area contributed by atoms with Crippen molar-refractivity contribution < 1.29 is 37.0 Å². The standard InChI is InChI=1S/C29H34F3N3O5.ClH/c30-29(31,32)18-39-26(19-5-9-23(10-6-19)40-24-11-7-21(33)8-12-24)27(36)34-15-13-22(14-16-34)35-25-4-2-1-3-20(25)17-38-28(35)37;/h1-6,9-10,21-22,24,26H,7-8,11-18,33H2;1H. The van der Waals surface area contributed by atoms with E-state index >= 15 is 0 Å². The predicted molar refractivity (Wildman–Crippen MR) is 148 cm³/mol. The molecule has 2 aliphatic heterocycles. The number of benzene rings is 2. The summed E-state index contributed by atoms with van der Waals surface area (Å²) in [6.07, 6.45) is -2.04. The molecule has 41 heavy (non-hydrogen) atoms. The number of para-hydroxylation sites is 1. The number of rotatable bonds is 7. The third-order valence-corrected chi connectivity index (χ3v) is 7.78. The normalized spacial score (nSPS) is 22.3. The fourth-order valence-corrected chi connectivity index (χ4v) is 5.64. The predicted octanol–water partition coefficient (Wildman–Crippen LogP) is 5.52. The molecule has 1 aliphatic carbocycles. The summed E-state index contributed by atoms with van der Waals surface area (Å²) < 4.78 is 55.7. The average molecular weight is 598 g/mol. The quantitative estimate of drug-likeness (QED) is 0.451. The lowest BCUT2D eigenvalue weighted by Crippen LogP contribution is -2.51. The molecular weight excluding hydrogens is 563 g/mol. The molecule has 1 atom stereocenters. The number of amides is 2. The number of piperidine rings is 1. The average Bonchev–Trinajstić information content (AvgIpc) is 2.94. The number of carbonyl (C=O) groups excluding carboxylic acids is 2. The second kappa shape index (κ2) is 13.3. The van der Waals surface area contributed by atoms with E-state index in [4.69, 9.17) is 19.9 Å². The number of cyclic esters (lactones) is 1. The van der Waals surface area contributed by atoms with Crippen molar-refractivity contribution in [1.82, 2.24) is 4.90 Å². The summed E-state index contributed by atoms with van der Waals surface area (Å²) in [5.74, 6) is 0.0417. The van der Waals surface area contributed by atoms with Crippen molar-refractivity contribution in [3.8, 4) is 5.75 Å². The van der Waals surface area contributed by atoms with Crippen LogP contribution >= 0.6 is 12.4 Å². The maximum absolute atomic E-state index is 13.5. The molecule has 3 aliphatic rings. The largest absolute Gasteiger partial charge is 0.490 e. The minimum absolute atomic E-state index is 0. The second-order valence-electron chi connectivity index (χ2n) is 10.6. The minimum atomic E-state index is -4.58. The number of fused-ring (bicyclic) bond motifs is 1. The van der Waals surface area contributed by atoms with Crippen LogP contribution in [0.4, 0.5) is 23.7 Å². The van der Waals surface area contributed by atoms with Gasteiger partial charge in [-0.25, -0.2) is 4.79 Å². The number of anilines is 1. The smallest absolute Gasteiger partial charge is 0.414 e. The van der Waals surface area contributed by atoms with E-state index in [1.54, 1.807) is 29.2 Å². The number of likely N-dealkylation sites (tertiary alicyclic amines) is 1. The van der Waals surface area contributed by atoms with Crippen LogP contribution in [0.2, 0.25) is 0 Å². The fraction of sp³-hybridized carbons (Fsp3) is 0.517. The zero-order chi connectivity index (χ0) is 28.3. The molecule has 1 unspecified atom stereocenters. The molecule has 0 radical (unpaired) electrons. The first-order valence-electron chi connectivity index (χ1n) is 13.7. The molecular formula is C29H35ClF3N3O5. The van der Waals surface area contributed by atoms with Gasteiger partial charge in [-0.3, -0.25) is 9.69 Å². The van der Waals surface area contributed by atoms with Crippen molar-refractivity contribution in [1.29, 1.82) is 0 Å². The maximum atomic E-state index is 13.5. The number of ether oxygens (including phenoxy) is 3. The first kappa shape index (κ1) is 30.9. The highest BCUT2D eigenvalue weighted by Crippen LogP contribution is 2.33. The molecule has 2 amide bonds. The van der Waals surface area contributed by atoms with E-state index in [1.165, 1.54) is 4.90 Å². The van der Waals surface area contributed by atoms with Crippen LogP contribution < -0.4 is 15.4 Å². The molecule has 12 heteroatoms. The summed E-state index contributed by atoms with van der Waals surface area (Å²) in [5.41, 5.74) is 7.97. The van der Waals surface area contributed by atoms with E-state index in [-0.39, 0.29) is 50.3 Å². The van der Waals surface area contributed by atoms with Gasteiger partial charge in [0.05, 0.1) is 11.8 Å². The Morgan fingerprint density at radius 3 is 2.32 bits per heavy atom. The van der Waals surface area contributed by atoms with Crippen molar-refractivity contribution in [3.05, 3.63) is 59.7 Å². The van der Waals surface area contributed by atoms with E-state index in [2.05, 4.69) is 0 Å². The highest BCUT2D eigenvalue weighted by atomic mass is 35.5. The van der Waals surface area contributed by atoms with E-state index in [0.717, 1.165) is 36.9 Å². The molecule has 0 aromatic heterocycles. The third kappa shape index (κ3) is 7.64. The van der Waals surface area contributed by atoms with Crippen LogP contribution in [-0.2, 0) is 20.9 Å². The Balaban J connectivity index is 0.00000387. The third-order valence-electron chi connectivity index (χ3n) is 7.78. The summed E-state index contributed by atoms with van der Waals surface area (Å²) in [7, 11) is 0. The van der Waals surface area contributed by atoms with Crippen LogP contribution in [0.25, 0.3) is 0 Å². The highest BCUT2D eigenvalue weighted by Gasteiger charge is 2.38. The Kier molecular flexibility index (Phi) is 10.0. The molecule has 2 fully saturated rings. The minimum Gasteiger partial charge on any atom is -0.490 e. The zero-order valence-electron chi connectivity index (χ0n) is 22.6. The van der Waals surface area contributed by atoms with Gasteiger partial charge in [-0.05, 0) is 62.3 Å². The number of hydrogen-bond acceptors (Lipinski definition) is 6. The van der Waals surface area contributed by atoms with E-state index in [1.807, 2.05) is 24.3 Å². The van der Waals surface area contributed by atoms with Gasteiger partial charge >= 0.3 is 12.3 Å². The molecule has 1 saturated heterocycles. The van der Waals surface area contributed by atoms with Crippen LogP contribution in [0.15, 0.2) is 48.5 Å². The van der Waals surface area contributed by atoms with Gasteiger partial charge in [0.1, 0.15) is 19.0 Å². The van der Waals surface area contributed by atoms with Crippen LogP contribution in [-0.4, -0.2) is 61.0 Å². The lowest BCUT2D eigenvalue weighted by atomic mass is 9.94. The molecule has 2 aromatic rings. The lowest BCUT2D eigenvalue weighted by Gasteiger charge is -2.40. The molecule has 2 aromatic carbocycles. The molecule has 2 N–H and O–H groups in total. The van der Waals surface area contributed by atoms with E-state index in [0.29, 0.717) is 24.2 Å². The van der Waals surface area contributed by atoms with Crippen LogP contribution in [0.3, 0.4) is 0 Å². The number of carbonyl (C=O) groups is 2. The maximum Gasteiger partial charge on any atom is 0.414 e. The molecule has 2 heterocycles. The summed E-state index contributed by atoms with van der Waals surface area (Å²) in [4.78, 5) is 29.2. The first-order valence-corrected chi connectivity index (χ1v) is 13.7. The van der Waals surface area contributed by atoms with Gasteiger partial charge in [0.2, 0.25) is 0 Å². The number of halogens is 4. The topological polar surface area (TPSA) is 94.3 Å². The second-order valence-corrected chi connectivity index (χ2v) is 10.6. The SMILES string of the molecule is Cl.NC1CCC(Oc2ccc(C(OCC(F)(F)F)C(=O)N3CCC(N4C(=O)OCc5ccccc54)CC3)cc2)CC1. The summed E-state index contributed by atoms with van der Waals surface area (Å²) in [6.45, 7) is -0.796. The molecule has 8 nitrogen and oxygen atoms in total. The summed E-state index contributed by atoms with van der Waals surface area (Å²) in [5, 5.41) is 0. The summed E-state index contributed by atoms with van der Waals surface area (Å²) >= 11 is 0. The van der Waals surface area contributed by atoms with Crippen molar-refractivity contribution in [2.45, 2.75) is 75.6 Å².